The lowest BCUT2D eigenvalue weighted by molar-refractivity contribution is -0.121. The average Bonchev–Trinajstić information content (AvgIpc) is 3.02. The van der Waals surface area contributed by atoms with Crippen LogP contribution in [0.15, 0.2) is 46.3 Å². The molecule has 3 rings (SSSR count). The van der Waals surface area contributed by atoms with Crippen LogP contribution < -0.4 is 9.47 Å². The highest BCUT2D eigenvalue weighted by atomic mass is 127. The largest absolute Gasteiger partial charge is 0.493 e. The third-order valence-electron chi connectivity index (χ3n) is 4.33. The zero-order valence-electron chi connectivity index (χ0n) is 17.5. The molecule has 1 saturated heterocycles. The van der Waals surface area contributed by atoms with Crippen LogP contribution in [0.4, 0.5) is 5.69 Å². The zero-order chi connectivity index (χ0) is 22.5. The highest BCUT2D eigenvalue weighted by molar-refractivity contribution is 14.1. The molecular weight excluding hydrogens is 531 g/mol. The van der Waals surface area contributed by atoms with Gasteiger partial charge in [0.25, 0.3) is 5.91 Å². The zero-order valence-corrected chi connectivity index (χ0v) is 20.4. The molecule has 1 aliphatic heterocycles. The van der Waals surface area contributed by atoms with Crippen molar-refractivity contribution in [1.29, 1.82) is 0 Å². The minimum atomic E-state index is -0.440. The molecule has 162 valence electrons. The third-order valence-corrected chi connectivity index (χ3v) is 6.20. The molecule has 2 aromatic carbocycles. The first-order chi connectivity index (χ1) is 14.9. The topological polar surface area (TPSA) is 77.4 Å². The van der Waals surface area contributed by atoms with Crippen LogP contribution in [0, 0.1) is 3.57 Å². The van der Waals surface area contributed by atoms with Gasteiger partial charge in [-0.15, -0.1) is 0 Å². The summed E-state index contributed by atoms with van der Waals surface area (Å²) in [4.78, 5) is 31.1. The Kier molecular flexibility index (Phi) is 7.60. The molecule has 0 spiro atoms. The Morgan fingerprint density at radius 1 is 1.26 bits per heavy atom. The molecule has 0 aliphatic carbocycles. The minimum Gasteiger partial charge on any atom is -0.493 e. The van der Waals surface area contributed by atoms with Gasteiger partial charge in [0.2, 0.25) is 0 Å². The van der Waals surface area contributed by atoms with Crippen molar-refractivity contribution in [3.8, 4) is 11.5 Å². The van der Waals surface area contributed by atoms with Crippen molar-refractivity contribution in [3.05, 3.63) is 56.0 Å². The molecule has 0 unspecified atom stereocenters. The average molecular weight is 552 g/mol. The Labute approximate surface area is 198 Å². The van der Waals surface area contributed by atoms with E-state index < -0.39 is 5.97 Å². The second-order valence-electron chi connectivity index (χ2n) is 6.38. The van der Waals surface area contributed by atoms with Crippen LogP contribution >= 0.6 is 34.4 Å². The van der Waals surface area contributed by atoms with Crippen LogP contribution in [0.25, 0.3) is 6.08 Å². The van der Waals surface area contributed by atoms with Gasteiger partial charge in [-0.3, -0.25) is 9.69 Å². The lowest BCUT2D eigenvalue weighted by Gasteiger charge is -2.12. The van der Waals surface area contributed by atoms with Crippen molar-refractivity contribution < 1.29 is 23.8 Å². The van der Waals surface area contributed by atoms with Gasteiger partial charge in [0, 0.05) is 7.05 Å². The van der Waals surface area contributed by atoms with E-state index in [1.807, 2.05) is 19.1 Å². The minimum absolute atomic E-state index is 0.157. The molecule has 1 heterocycles. The summed E-state index contributed by atoms with van der Waals surface area (Å²) in [5.41, 5.74) is 1.78. The highest BCUT2D eigenvalue weighted by Crippen LogP contribution is 2.37. The number of thioether (sulfide) groups is 1. The number of rotatable bonds is 6. The van der Waals surface area contributed by atoms with E-state index in [1.54, 1.807) is 44.5 Å². The number of ether oxygens (including phenoxy) is 3. The van der Waals surface area contributed by atoms with Gasteiger partial charge in [0.15, 0.2) is 16.7 Å². The van der Waals surface area contributed by atoms with Gasteiger partial charge in [0.05, 0.1) is 40.6 Å². The standard InChI is InChI=1S/C22H21IN2O5S/c1-5-30-19-16(23)9-13(10-17(19)28-3)11-18-20(26)25(2)22(31-18)24-15-8-6-7-14(12-15)21(27)29-4/h6-12H,5H2,1-4H3. The van der Waals surface area contributed by atoms with Crippen LogP contribution in [-0.4, -0.2) is 49.8 Å². The van der Waals surface area contributed by atoms with E-state index in [4.69, 9.17) is 14.2 Å². The second kappa shape index (κ2) is 10.2. The van der Waals surface area contributed by atoms with Gasteiger partial charge in [-0.1, -0.05) is 6.07 Å². The van der Waals surface area contributed by atoms with Gasteiger partial charge >= 0.3 is 5.97 Å². The summed E-state index contributed by atoms with van der Waals surface area (Å²) in [5, 5.41) is 0.519. The van der Waals surface area contributed by atoms with Crippen LogP contribution in [0.1, 0.15) is 22.8 Å². The van der Waals surface area contributed by atoms with Gasteiger partial charge in [0.1, 0.15) is 0 Å². The molecule has 7 nitrogen and oxygen atoms in total. The Bertz CT molecular complexity index is 1080. The summed E-state index contributed by atoms with van der Waals surface area (Å²) in [6.45, 7) is 2.44. The summed E-state index contributed by atoms with van der Waals surface area (Å²) < 4.78 is 16.7. The monoisotopic (exact) mass is 552 g/mol. The van der Waals surface area contributed by atoms with Crippen LogP contribution in [0.3, 0.4) is 0 Å². The number of carbonyl (C=O) groups is 2. The molecule has 9 heteroatoms. The lowest BCUT2D eigenvalue weighted by Crippen LogP contribution is -2.23. The summed E-state index contributed by atoms with van der Waals surface area (Å²) in [6.07, 6.45) is 1.80. The molecule has 2 aromatic rings. The Hall–Kier alpha value is -2.53. The maximum Gasteiger partial charge on any atom is 0.337 e. The Balaban J connectivity index is 1.91. The fraction of sp³-hybridized carbons (Fsp3) is 0.227. The highest BCUT2D eigenvalue weighted by Gasteiger charge is 2.30. The summed E-state index contributed by atoms with van der Waals surface area (Å²) in [7, 11) is 4.58. The normalized spacial score (nSPS) is 16.2. The first-order valence-electron chi connectivity index (χ1n) is 9.33. The molecule has 0 aromatic heterocycles. The predicted octanol–water partition coefficient (Wildman–Crippen LogP) is 4.72. The third kappa shape index (κ3) is 5.21. The fourth-order valence-electron chi connectivity index (χ4n) is 2.84. The number of amidine groups is 1. The number of aliphatic imine (C=N–C) groups is 1. The van der Waals surface area contributed by atoms with Crippen molar-refractivity contribution in [2.24, 2.45) is 4.99 Å². The summed E-state index contributed by atoms with van der Waals surface area (Å²) in [6, 6.07) is 10.5. The molecule has 0 N–H and O–H groups in total. The van der Waals surface area contributed by atoms with Crippen LogP contribution in [0.2, 0.25) is 0 Å². The van der Waals surface area contributed by atoms with Gasteiger partial charge < -0.3 is 14.2 Å². The van der Waals surface area contributed by atoms with Gasteiger partial charge in [-0.2, -0.15) is 0 Å². The number of methoxy groups -OCH3 is 2. The molecule has 1 amide bonds. The lowest BCUT2D eigenvalue weighted by atomic mass is 10.2. The molecule has 31 heavy (non-hydrogen) atoms. The molecule has 0 radical (unpaired) electrons. The van der Waals surface area contributed by atoms with Crippen LogP contribution in [-0.2, 0) is 9.53 Å². The number of amides is 1. The van der Waals surface area contributed by atoms with Crippen molar-refractivity contribution in [1.82, 2.24) is 4.90 Å². The first kappa shape index (κ1) is 23.1. The van der Waals surface area contributed by atoms with E-state index >= 15 is 0 Å². The molecule has 0 atom stereocenters. The van der Waals surface area contributed by atoms with Crippen LogP contribution in [0.5, 0.6) is 11.5 Å². The number of halogens is 1. The Morgan fingerprint density at radius 2 is 2.03 bits per heavy atom. The number of benzene rings is 2. The molecular formula is C22H21IN2O5S. The number of esters is 1. The van der Waals surface area contributed by atoms with Crippen molar-refractivity contribution in [2.75, 3.05) is 27.9 Å². The van der Waals surface area contributed by atoms with E-state index in [0.29, 0.717) is 39.4 Å². The fourth-order valence-corrected chi connectivity index (χ4v) is 4.61. The van der Waals surface area contributed by atoms with Crippen molar-refractivity contribution >= 4 is 63.2 Å². The number of nitrogens with zero attached hydrogens (tertiary/aromatic N) is 2. The smallest absolute Gasteiger partial charge is 0.337 e. The maximum absolute atomic E-state index is 12.8. The summed E-state index contributed by atoms with van der Waals surface area (Å²) >= 11 is 3.45. The summed E-state index contributed by atoms with van der Waals surface area (Å²) in [5.74, 6) is 0.696. The van der Waals surface area contributed by atoms with Crippen molar-refractivity contribution in [3.63, 3.8) is 0 Å². The van der Waals surface area contributed by atoms with E-state index in [9.17, 15) is 9.59 Å². The van der Waals surface area contributed by atoms with Crippen molar-refractivity contribution in [2.45, 2.75) is 6.92 Å². The molecule has 1 aliphatic rings. The van der Waals surface area contributed by atoms with Gasteiger partial charge in [-0.05, 0) is 83.2 Å². The quantitative estimate of drug-likeness (QED) is 0.294. The number of hydrogen-bond donors (Lipinski definition) is 0. The SMILES string of the molecule is CCOc1c(I)cc(C=C2SC(=Nc3cccc(C(=O)OC)c3)N(C)C2=O)cc1OC. The molecule has 0 saturated carbocycles. The number of carbonyl (C=O) groups excluding carboxylic acids is 2. The molecule has 1 fully saturated rings. The first-order valence-corrected chi connectivity index (χ1v) is 11.2. The second-order valence-corrected chi connectivity index (χ2v) is 8.55. The van der Waals surface area contributed by atoms with E-state index in [-0.39, 0.29) is 5.91 Å². The maximum atomic E-state index is 12.8. The number of hydrogen-bond acceptors (Lipinski definition) is 7. The number of likely N-dealkylation sites (N-methyl/N-ethyl adjacent to an activating group) is 1. The van der Waals surface area contributed by atoms with Gasteiger partial charge in [-0.25, -0.2) is 9.79 Å². The molecule has 0 bridgehead atoms. The van der Waals surface area contributed by atoms with E-state index in [1.165, 1.54) is 23.8 Å². The van der Waals surface area contributed by atoms with E-state index in [0.717, 1.165) is 9.13 Å². The predicted molar refractivity (Wildman–Crippen MR) is 130 cm³/mol. The Morgan fingerprint density at radius 3 is 2.71 bits per heavy atom. The van der Waals surface area contributed by atoms with E-state index in [2.05, 4.69) is 27.6 Å².